The van der Waals surface area contributed by atoms with Crippen molar-refractivity contribution in [2.75, 3.05) is 10.0 Å². The summed E-state index contributed by atoms with van der Waals surface area (Å²) in [6, 6.07) is 11.0. The van der Waals surface area contributed by atoms with Crippen LogP contribution >= 0.6 is 11.3 Å². The first kappa shape index (κ1) is 21.1. The van der Waals surface area contributed by atoms with Gasteiger partial charge in [0.25, 0.3) is 5.91 Å². The van der Waals surface area contributed by atoms with Crippen LogP contribution in [0.2, 0.25) is 0 Å². The molecule has 3 aromatic rings. The standard InChI is InChI=1S/C20H21FN4O2S2/c1-3-4-8-18-23-24-20(28-18)22-19(26)14-6-5-7-15(11-14)25-29(27)16-10-9-13(2)17(21)12-16/h5-7,9-12,25H,3-4,8H2,1-2H3,(H,22,24,26). The third kappa shape index (κ3) is 5.68. The Morgan fingerprint density at radius 2 is 2.03 bits per heavy atom. The van der Waals surface area contributed by atoms with Gasteiger partial charge in [0.1, 0.15) is 21.8 Å². The summed E-state index contributed by atoms with van der Waals surface area (Å²) in [4.78, 5) is 12.8. The molecule has 2 N–H and O–H groups in total. The highest BCUT2D eigenvalue weighted by atomic mass is 32.2. The number of hydrogen-bond donors (Lipinski definition) is 2. The fraction of sp³-hybridized carbons (Fsp3) is 0.250. The van der Waals surface area contributed by atoms with E-state index in [-0.39, 0.29) is 5.91 Å². The third-order valence-corrected chi connectivity index (χ3v) is 6.13. The van der Waals surface area contributed by atoms with Gasteiger partial charge in [-0.1, -0.05) is 36.8 Å². The molecule has 0 saturated heterocycles. The highest BCUT2D eigenvalue weighted by Crippen LogP contribution is 2.20. The molecule has 9 heteroatoms. The van der Waals surface area contributed by atoms with Gasteiger partial charge in [0.2, 0.25) is 5.13 Å². The number of aromatic nitrogens is 2. The lowest BCUT2D eigenvalue weighted by molar-refractivity contribution is 0.102. The first-order valence-electron chi connectivity index (χ1n) is 9.14. The van der Waals surface area contributed by atoms with Gasteiger partial charge in [0.15, 0.2) is 0 Å². The van der Waals surface area contributed by atoms with Crippen LogP contribution in [0.5, 0.6) is 0 Å². The van der Waals surface area contributed by atoms with Crippen molar-refractivity contribution in [2.24, 2.45) is 0 Å². The van der Waals surface area contributed by atoms with Gasteiger partial charge in [-0.25, -0.2) is 8.60 Å². The van der Waals surface area contributed by atoms with E-state index in [9.17, 15) is 13.4 Å². The van der Waals surface area contributed by atoms with Crippen molar-refractivity contribution in [3.8, 4) is 0 Å². The molecule has 0 aliphatic carbocycles. The molecule has 1 aromatic heterocycles. The monoisotopic (exact) mass is 432 g/mol. The second-order valence-corrected chi connectivity index (χ2v) is 8.70. The molecule has 6 nitrogen and oxygen atoms in total. The minimum absolute atomic E-state index is 0.316. The molecule has 0 radical (unpaired) electrons. The van der Waals surface area contributed by atoms with E-state index in [1.165, 1.54) is 17.4 Å². The summed E-state index contributed by atoms with van der Waals surface area (Å²) < 4.78 is 28.9. The molecule has 1 amide bonds. The molecule has 1 atom stereocenters. The van der Waals surface area contributed by atoms with Gasteiger partial charge in [-0.05, 0) is 49.2 Å². The quantitative estimate of drug-likeness (QED) is 0.540. The molecular formula is C20H21FN4O2S2. The normalized spacial score (nSPS) is 11.8. The molecule has 0 fully saturated rings. The molecule has 29 heavy (non-hydrogen) atoms. The molecule has 3 rings (SSSR count). The van der Waals surface area contributed by atoms with Crippen LogP contribution < -0.4 is 10.0 Å². The van der Waals surface area contributed by atoms with Crippen LogP contribution in [0, 0.1) is 12.7 Å². The molecule has 2 aromatic carbocycles. The van der Waals surface area contributed by atoms with Crippen molar-refractivity contribution < 1.29 is 13.4 Å². The second kappa shape index (κ2) is 9.71. The topological polar surface area (TPSA) is 84.0 Å². The maximum Gasteiger partial charge on any atom is 0.257 e. The number of aryl methyl sites for hydroxylation is 2. The van der Waals surface area contributed by atoms with Crippen LogP contribution in [0.25, 0.3) is 0 Å². The van der Waals surface area contributed by atoms with Crippen molar-refractivity contribution >= 4 is 39.0 Å². The largest absolute Gasteiger partial charge is 0.301 e. The first-order valence-corrected chi connectivity index (χ1v) is 11.1. The van der Waals surface area contributed by atoms with Gasteiger partial charge in [-0.15, -0.1) is 10.2 Å². The van der Waals surface area contributed by atoms with E-state index in [1.807, 2.05) is 0 Å². The van der Waals surface area contributed by atoms with Crippen LogP contribution in [0.4, 0.5) is 15.2 Å². The molecule has 0 saturated carbocycles. The summed E-state index contributed by atoms with van der Waals surface area (Å²) in [5.74, 6) is -0.750. The summed E-state index contributed by atoms with van der Waals surface area (Å²) >= 11 is 1.36. The van der Waals surface area contributed by atoms with Crippen molar-refractivity contribution in [3.63, 3.8) is 0 Å². The zero-order chi connectivity index (χ0) is 20.8. The SMILES string of the molecule is CCCCc1nnc(NC(=O)c2cccc(NS(=O)c3ccc(C)c(F)c3)c2)s1. The van der Waals surface area contributed by atoms with Crippen molar-refractivity contribution in [3.05, 3.63) is 64.4 Å². The number of benzene rings is 2. The van der Waals surface area contributed by atoms with Crippen LogP contribution in [-0.4, -0.2) is 20.3 Å². The minimum Gasteiger partial charge on any atom is -0.301 e. The molecular weight excluding hydrogens is 411 g/mol. The average molecular weight is 433 g/mol. The van der Waals surface area contributed by atoms with Crippen molar-refractivity contribution in [2.45, 2.75) is 38.0 Å². The van der Waals surface area contributed by atoms with E-state index in [1.54, 1.807) is 43.3 Å². The molecule has 0 spiro atoms. The van der Waals surface area contributed by atoms with Gasteiger partial charge in [-0.3, -0.25) is 10.1 Å². The van der Waals surface area contributed by atoms with E-state index in [0.29, 0.717) is 26.8 Å². The van der Waals surface area contributed by atoms with Crippen molar-refractivity contribution in [1.82, 2.24) is 10.2 Å². The zero-order valence-corrected chi connectivity index (χ0v) is 17.7. The maximum absolute atomic E-state index is 13.7. The van der Waals surface area contributed by atoms with E-state index in [2.05, 4.69) is 27.2 Å². The number of carbonyl (C=O) groups is 1. The Hall–Kier alpha value is -2.65. The summed E-state index contributed by atoms with van der Waals surface area (Å²) in [5, 5.41) is 12.1. The van der Waals surface area contributed by atoms with E-state index < -0.39 is 16.8 Å². The van der Waals surface area contributed by atoms with Crippen LogP contribution in [0.1, 0.15) is 40.7 Å². The van der Waals surface area contributed by atoms with Gasteiger partial charge >= 0.3 is 0 Å². The van der Waals surface area contributed by atoms with Gasteiger partial charge in [-0.2, -0.15) is 0 Å². The molecule has 0 bridgehead atoms. The smallest absolute Gasteiger partial charge is 0.257 e. The summed E-state index contributed by atoms with van der Waals surface area (Å²) in [5.41, 5.74) is 1.35. The number of unbranched alkanes of at least 4 members (excludes halogenated alkanes) is 1. The number of anilines is 2. The van der Waals surface area contributed by atoms with Crippen LogP contribution in [0.15, 0.2) is 47.4 Å². The highest BCUT2D eigenvalue weighted by Gasteiger charge is 2.12. The predicted molar refractivity (Wildman–Crippen MR) is 114 cm³/mol. The van der Waals surface area contributed by atoms with E-state index >= 15 is 0 Å². The lowest BCUT2D eigenvalue weighted by atomic mass is 10.2. The Morgan fingerprint density at radius 1 is 1.21 bits per heavy atom. The average Bonchev–Trinajstić information content (AvgIpc) is 3.15. The first-order chi connectivity index (χ1) is 14.0. The second-order valence-electron chi connectivity index (χ2n) is 6.42. The third-order valence-electron chi connectivity index (χ3n) is 4.12. The van der Waals surface area contributed by atoms with Crippen LogP contribution in [-0.2, 0) is 17.4 Å². The van der Waals surface area contributed by atoms with E-state index in [4.69, 9.17) is 0 Å². The van der Waals surface area contributed by atoms with Crippen LogP contribution in [0.3, 0.4) is 0 Å². The number of amides is 1. The Labute approximate surface area is 175 Å². The molecule has 152 valence electrons. The molecule has 1 unspecified atom stereocenters. The van der Waals surface area contributed by atoms with Crippen molar-refractivity contribution in [1.29, 1.82) is 0 Å². The van der Waals surface area contributed by atoms with Gasteiger partial charge in [0, 0.05) is 17.7 Å². The number of carbonyl (C=O) groups excluding carboxylic acids is 1. The van der Waals surface area contributed by atoms with Gasteiger partial charge in [0.05, 0.1) is 4.90 Å². The Kier molecular flexibility index (Phi) is 7.05. The Bertz CT molecular complexity index is 1040. The number of nitrogens with zero attached hydrogens (tertiary/aromatic N) is 2. The summed E-state index contributed by atoms with van der Waals surface area (Å²) in [7, 11) is -1.65. The van der Waals surface area contributed by atoms with Gasteiger partial charge < -0.3 is 4.72 Å². The number of nitrogens with one attached hydrogen (secondary N) is 2. The number of rotatable bonds is 8. The lowest BCUT2D eigenvalue weighted by Gasteiger charge is -2.08. The Balaban J connectivity index is 1.66. The maximum atomic E-state index is 13.7. The molecule has 1 heterocycles. The number of halogens is 1. The predicted octanol–water partition coefficient (Wildman–Crippen LogP) is 4.72. The fourth-order valence-corrected chi connectivity index (χ4v) is 4.12. The summed E-state index contributed by atoms with van der Waals surface area (Å²) in [6.45, 7) is 3.75. The minimum atomic E-state index is -1.65. The van der Waals surface area contributed by atoms with E-state index in [0.717, 1.165) is 24.3 Å². The Morgan fingerprint density at radius 3 is 2.79 bits per heavy atom. The molecule has 0 aliphatic rings. The number of hydrogen-bond acceptors (Lipinski definition) is 5. The lowest BCUT2D eigenvalue weighted by Crippen LogP contribution is -2.12. The molecule has 0 aliphatic heterocycles. The summed E-state index contributed by atoms with van der Waals surface area (Å²) in [6.07, 6.45) is 2.94. The zero-order valence-electron chi connectivity index (χ0n) is 16.1. The fourth-order valence-electron chi connectivity index (χ4n) is 2.48. The highest BCUT2D eigenvalue weighted by molar-refractivity contribution is 7.86.